The molecular weight excluding hydrogens is 374 g/mol. The Morgan fingerprint density at radius 3 is 2.35 bits per heavy atom. The minimum absolute atomic E-state index is 0.578. The number of aromatic nitrogens is 2. The molecule has 0 radical (unpaired) electrons. The SMILES string of the molecule is Cc1[nH]c(Cc2ccc(Cl)cc2Cl)nc1-c1cc(Cl)ccc1Cl. The van der Waals surface area contributed by atoms with Crippen molar-refractivity contribution in [3.8, 4) is 11.3 Å². The molecule has 1 heterocycles. The van der Waals surface area contributed by atoms with Gasteiger partial charge in [0.2, 0.25) is 0 Å². The number of aromatic amines is 1. The lowest BCUT2D eigenvalue weighted by molar-refractivity contribution is 1.02. The molecule has 0 atom stereocenters. The summed E-state index contributed by atoms with van der Waals surface area (Å²) < 4.78 is 0. The summed E-state index contributed by atoms with van der Waals surface area (Å²) in [6.07, 6.45) is 0.578. The van der Waals surface area contributed by atoms with Crippen LogP contribution in [0.5, 0.6) is 0 Å². The number of halogens is 4. The van der Waals surface area contributed by atoms with Gasteiger partial charge in [0.05, 0.1) is 10.7 Å². The first-order valence-corrected chi connectivity index (χ1v) is 8.40. The van der Waals surface area contributed by atoms with Crippen LogP contribution in [0.15, 0.2) is 36.4 Å². The van der Waals surface area contributed by atoms with Crippen molar-refractivity contribution in [1.82, 2.24) is 9.97 Å². The predicted octanol–water partition coefficient (Wildman–Crippen LogP) is 6.59. The largest absolute Gasteiger partial charge is 0.345 e. The molecule has 0 aliphatic rings. The van der Waals surface area contributed by atoms with E-state index in [0.717, 1.165) is 28.3 Å². The van der Waals surface area contributed by atoms with E-state index < -0.39 is 0 Å². The normalized spacial score (nSPS) is 11.0. The van der Waals surface area contributed by atoms with Crippen LogP contribution >= 0.6 is 46.4 Å². The minimum atomic E-state index is 0.578. The van der Waals surface area contributed by atoms with Gasteiger partial charge in [-0.2, -0.15) is 0 Å². The average Bonchev–Trinajstić information content (AvgIpc) is 2.85. The van der Waals surface area contributed by atoms with Crippen LogP contribution in [0, 0.1) is 6.92 Å². The standard InChI is InChI=1S/C17H12Cl4N2/c1-9-17(13-7-11(18)4-5-14(13)20)23-16(22-9)6-10-2-3-12(19)8-15(10)21/h2-5,7-8H,6H2,1H3,(H,22,23). The fourth-order valence-corrected chi connectivity index (χ4v) is 3.25. The molecule has 118 valence electrons. The van der Waals surface area contributed by atoms with Gasteiger partial charge < -0.3 is 4.98 Å². The quantitative estimate of drug-likeness (QED) is 0.541. The molecule has 1 aromatic heterocycles. The van der Waals surface area contributed by atoms with E-state index in [-0.39, 0.29) is 0 Å². The van der Waals surface area contributed by atoms with Gasteiger partial charge in [0.25, 0.3) is 0 Å². The van der Waals surface area contributed by atoms with Crippen molar-refractivity contribution in [2.75, 3.05) is 0 Å². The molecule has 0 spiro atoms. The number of nitrogens with one attached hydrogen (secondary N) is 1. The number of imidazole rings is 1. The number of benzene rings is 2. The number of H-pyrrole nitrogens is 1. The van der Waals surface area contributed by atoms with Crippen LogP contribution in [0.25, 0.3) is 11.3 Å². The van der Waals surface area contributed by atoms with E-state index >= 15 is 0 Å². The van der Waals surface area contributed by atoms with Gasteiger partial charge in [0.1, 0.15) is 5.82 Å². The van der Waals surface area contributed by atoms with Crippen LogP contribution in [-0.4, -0.2) is 9.97 Å². The van der Waals surface area contributed by atoms with E-state index in [9.17, 15) is 0 Å². The summed E-state index contributed by atoms with van der Waals surface area (Å²) in [5, 5.41) is 2.46. The Hall–Kier alpha value is -1.19. The highest BCUT2D eigenvalue weighted by Crippen LogP contribution is 2.32. The molecule has 0 aliphatic carbocycles. The van der Waals surface area contributed by atoms with Crippen LogP contribution in [-0.2, 0) is 6.42 Å². The monoisotopic (exact) mass is 384 g/mol. The van der Waals surface area contributed by atoms with Crippen molar-refractivity contribution in [3.63, 3.8) is 0 Å². The number of aryl methyl sites for hydroxylation is 1. The van der Waals surface area contributed by atoms with Crippen molar-refractivity contribution in [1.29, 1.82) is 0 Å². The van der Waals surface area contributed by atoms with Gasteiger partial charge in [-0.15, -0.1) is 0 Å². The minimum Gasteiger partial charge on any atom is -0.345 e. The summed E-state index contributed by atoms with van der Waals surface area (Å²) in [5.74, 6) is 0.803. The Balaban J connectivity index is 1.96. The second-order valence-corrected chi connectivity index (χ2v) is 6.88. The highest BCUT2D eigenvalue weighted by molar-refractivity contribution is 6.35. The first-order valence-electron chi connectivity index (χ1n) is 6.89. The van der Waals surface area contributed by atoms with Crippen LogP contribution in [0.1, 0.15) is 17.1 Å². The van der Waals surface area contributed by atoms with Gasteiger partial charge in [-0.05, 0) is 42.8 Å². The third-order valence-electron chi connectivity index (χ3n) is 3.49. The molecule has 0 amide bonds. The fraction of sp³-hybridized carbons (Fsp3) is 0.118. The maximum absolute atomic E-state index is 6.27. The lowest BCUT2D eigenvalue weighted by atomic mass is 10.1. The van der Waals surface area contributed by atoms with Gasteiger partial charge in [0, 0.05) is 32.7 Å². The molecular formula is C17H12Cl4N2. The summed E-state index contributed by atoms with van der Waals surface area (Å²) in [7, 11) is 0. The molecule has 0 saturated carbocycles. The van der Waals surface area contributed by atoms with Crippen LogP contribution in [0.3, 0.4) is 0 Å². The smallest absolute Gasteiger partial charge is 0.111 e. The fourth-order valence-electron chi connectivity index (χ4n) is 2.39. The van der Waals surface area contributed by atoms with E-state index in [4.69, 9.17) is 46.4 Å². The van der Waals surface area contributed by atoms with Gasteiger partial charge in [-0.1, -0.05) is 52.5 Å². The first kappa shape index (κ1) is 16.7. The maximum atomic E-state index is 6.27. The summed E-state index contributed by atoms with van der Waals surface area (Å²) in [6.45, 7) is 1.95. The van der Waals surface area contributed by atoms with Gasteiger partial charge in [-0.3, -0.25) is 0 Å². The summed E-state index contributed by atoms with van der Waals surface area (Å²) in [4.78, 5) is 7.93. The summed E-state index contributed by atoms with van der Waals surface area (Å²) in [6, 6.07) is 10.8. The Labute approximate surface area is 154 Å². The number of rotatable bonds is 3. The van der Waals surface area contributed by atoms with Crippen molar-refractivity contribution < 1.29 is 0 Å². The molecule has 0 aliphatic heterocycles. The predicted molar refractivity (Wildman–Crippen MR) is 98.0 cm³/mol. The summed E-state index contributed by atoms with van der Waals surface area (Å²) >= 11 is 24.5. The van der Waals surface area contributed by atoms with Crippen molar-refractivity contribution >= 4 is 46.4 Å². The zero-order valence-corrected chi connectivity index (χ0v) is 15.2. The third-order valence-corrected chi connectivity index (χ3v) is 4.64. The molecule has 3 aromatic rings. The number of nitrogens with zero attached hydrogens (tertiary/aromatic N) is 1. The number of hydrogen-bond donors (Lipinski definition) is 1. The molecule has 6 heteroatoms. The zero-order valence-electron chi connectivity index (χ0n) is 12.1. The van der Waals surface area contributed by atoms with E-state index in [0.29, 0.717) is 26.5 Å². The third kappa shape index (κ3) is 3.67. The van der Waals surface area contributed by atoms with E-state index in [2.05, 4.69) is 9.97 Å². The first-order chi connectivity index (χ1) is 10.9. The Bertz CT molecular complexity index is 871. The van der Waals surface area contributed by atoms with Gasteiger partial charge in [-0.25, -0.2) is 4.98 Å². The van der Waals surface area contributed by atoms with Crippen LogP contribution < -0.4 is 0 Å². The highest BCUT2D eigenvalue weighted by atomic mass is 35.5. The van der Waals surface area contributed by atoms with Crippen molar-refractivity contribution in [2.45, 2.75) is 13.3 Å². The molecule has 2 nitrogen and oxygen atoms in total. The molecule has 3 rings (SSSR count). The van der Waals surface area contributed by atoms with E-state index in [1.165, 1.54) is 0 Å². The molecule has 0 unspecified atom stereocenters. The topological polar surface area (TPSA) is 28.7 Å². The van der Waals surface area contributed by atoms with E-state index in [1.54, 1.807) is 18.2 Å². The highest BCUT2D eigenvalue weighted by Gasteiger charge is 2.14. The maximum Gasteiger partial charge on any atom is 0.111 e. The Kier molecular flexibility index (Phi) is 4.88. The molecule has 23 heavy (non-hydrogen) atoms. The van der Waals surface area contributed by atoms with Gasteiger partial charge >= 0.3 is 0 Å². The lowest BCUT2D eigenvalue weighted by Crippen LogP contribution is -1.92. The average molecular weight is 386 g/mol. The lowest BCUT2D eigenvalue weighted by Gasteiger charge is -2.03. The summed E-state index contributed by atoms with van der Waals surface area (Å²) in [5.41, 5.74) is 3.47. The van der Waals surface area contributed by atoms with Gasteiger partial charge in [0.15, 0.2) is 0 Å². The molecule has 0 fully saturated rings. The van der Waals surface area contributed by atoms with Crippen molar-refractivity contribution in [3.05, 3.63) is 73.6 Å². The molecule has 0 saturated heterocycles. The van der Waals surface area contributed by atoms with Crippen molar-refractivity contribution in [2.24, 2.45) is 0 Å². The molecule has 0 bridgehead atoms. The van der Waals surface area contributed by atoms with E-state index in [1.807, 2.05) is 25.1 Å². The second kappa shape index (κ2) is 6.74. The number of hydrogen-bond acceptors (Lipinski definition) is 1. The van der Waals surface area contributed by atoms with Crippen LogP contribution in [0.2, 0.25) is 20.1 Å². The molecule has 1 N–H and O–H groups in total. The second-order valence-electron chi connectivity index (χ2n) is 5.19. The zero-order chi connectivity index (χ0) is 16.6. The Morgan fingerprint density at radius 2 is 1.61 bits per heavy atom. The molecule has 2 aromatic carbocycles. The Morgan fingerprint density at radius 1 is 0.913 bits per heavy atom. The van der Waals surface area contributed by atoms with Crippen LogP contribution in [0.4, 0.5) is 0 Å².